The summed E-state index contributed by atoms with van der Waals surface area (Å²) >= 11 is 16.6. The van der Waals surface area contributed by atoms with E-state index in [9.17, 15) is 66.1 Å². The maximum absolute atomic E-state index is 15.0. The molecule has 6 aromatic carbocycles. The Hall–Kier alpha value is -10.4. The average Bonchev–Trinajstić information content (AvgIpc) is 1.75. The molecular formula is C78H73Br5F4N6O22. The molecule has 0 fully saturated rings. The van der Waals surface area contributed by atoms with Gasteiger partial charge < -0.3 is 77.2 Å². The molecule has 0 aliphatic carbocycles. The van der Waals surface area contributed by atoms with E-state index in [2.05, 4.69) is 99.6 Å². The predicted octanol–water partition coefficient (Wildman–Crippen LogP) is 15.5. The lowest BCUT2D eigenvalue weighted by molar-refractivity contribution is -0.163. The summed E-state index contributed by atoms with van der Waals surface area (Å²) < 4.78 is 123. The molecule has 0 bridgehead atoms. The van der Waals surface area contributed by atoms with E-state index in [0.29, 0.717) is 55.0 Å². The van der Waals surface area contributed by atoms with Crippen LogP contribution >= 0.6 is 79.6 Å². The quantitative estimate of drug-likeness (QED) is 0.0153. The van der Waals surface area contributed by atoms with Gasteiger partial charge in [0.2, 0.25) is 29.9 Å². The molecule has 7 unspecified atom stereocenters. The van der Waals surface area contributed by atoms with Crippen molar-refractivity contribution in [3.63, 3.8) is 0 Å². The number of halogens is 9. The van der Waals surface area contributed by atoms with Crippen LogP contribution in [0.5, 0.6) is 11.5 Å². The number of aliphatic hydroxyl groups is 2. The molecule has 0 aliphatic rings. The Labute approximate surface area is 695 Å². The number of ether oxygens (including phenoxy) is 8. The first-order chi connectivity index (χ1) is 54.3. The molecule has 7 atom stereocenters. The van der Waals surface area contributed by atoms with E-state index in [4.69, 9.17) is 67.0 Å². The van der Waals surface area contributed by atoms with Crippen molar-refractivity contribution < 1.29 is 122 Å². The molecule has 0 spiro atoms. The van der Waals surface area contributed by atoms with Crippen molar-refractivity contribution in [3.05, 3.63) is 220 Å². The number of carbonyl (C=O) groups excluding carboxylic acids is 8. The Morgan fingerprint density at radius 3 is 1.11 bits per heavy atom. The lowest BCUT2D eigenvalue weighted by atomic mass is 10.1. The molecule has 6 N–H and O–H groups in total. The molecule has 10 rings (SSSR count). The second-order valence-electron chi connectivity index (χ2n) is 24.8. The minimum atomic E-state index is -1.57. The largest absolute Gasteiger partial charge is 0.475 e. The molecule has 4 aromatic heterocycles. The fraction of sp³-hybridized carbons (Fsp3) is 0.282. The van der Waals surface area contributed by atoms with Crippen LogP contribution in [0.3, 0.4) is 0 Å². The summed E-state index contributed by atoms with van der Waals surface area (Å²) in [6, 6.07) is 33.7. The Morgan fingerprint density at radius 1 is 0.426 bits per heavy atom. The molecule has 0 aliphatic heterocycles. The second-order valence-corrected chi connectivity index (χ2v) is 28.6. The van der Waals surface area contributed by atoms with Gasteiger partial charge in [-0.1, -0.05) is 135 Å². The van der Waals surface area contributed by atoms with E-state index < -0.39 is 148 Å². The van der Waals surface area contributed by atoms with Crippen LogP contribution in [-0.4, -0.2) is 129 Å². The number of rotatable bonds is 28. The molecule has 4 heterocycles. The van der Waals surface area contributed by atoms with Crippen LogP contribution < -0.4 is 20.9 Å². The van der Waals surface area contributed by atoms with E-state index in [1.165, 1.54) is 27.7 Å². The number of aryl methyl sites for hydroxylation is 4. The summed E-state index contributed by atoms with van der Waals surface area (Å²) in [5, 5.41) is 19.6. The standard InChI is InChI=1S/C24H21BrF2N2O7.C20H17BrF2N2O5.C17H17Br2NO5.C17H18BrNO5/c1-11-4-6-14(7-5-11)20-22(25)36-24(29-20)21(17(34-13(3)31)10-33-12(2)30)35-16-9-8-15(26)18(19(16)27)23(28)32;1-9-2-4-10(5-3-9)16-18(21)30-20(25-16)17(12(27)8-26)29-13-7-6-11(22)14(15(13)23)19(24)28;1-9-4-6-12(7-5-9)15-16(19)25-17(20-15)14(18)13(24-11(3)22)8-23-10(2)21;1-10-4-6-13(7-5-10)16-17(18)24-15(19-16)8-14(23-12(3)21)9-22-11(2)20/h4-9,17,21H,10H2,1-3H3,(H2,28,32);2-7,12,17,26-27H,8H2,1H3,(H2,24,28);4-7,13-14H,8H2,1-3H3;4-7,14H,8-9H2,1-3H3. The summed E-state index contributed by atoms with van der Waals surface area (Å²) in [4.78, 5) is 108. The van der Waals surface area contributed by atoms with Crippen LogP contribution in [0.15, 0.2) is 158 Å². The van der Waals surface area contributed by atoms with Crippen molar-refractivity contribution in [2.24, 2.45) is 11.5 Å². The number of nitrogens with zero attached hydrogens (tertiary/aromatic N) is 4. The van der Waals surface area contributed by atoms with Gasteiger partial charge in [0.05, 0.1) is 13.0 Å². The van der Waals surface area contributed by atoms with Crippen molar-refractivity contribution in [3.8, 4) is 56.5 Å². The van der Waals surface area contributed by atoms with Gasteiger partial charge in [-0.25, -0.2) is 37.5 Å². The highest BCUT2D eigenvalue weighted by molar-refractivity contribution is 9.11. The fourth-order valence-corrected chi connectivity index (χ4v) is 12.5. The summed E-state index contributed by atoms with van der Waals surface area (Å²) in [5.74, 6) is -12.0. The van der Waals surface area contributed by atoms with Gasteiger partial charge in [0, 0.05) is 63.8 Å². The van der Waals surface area contributed by atoms with Gasteiger partial charge >= 0.3 is 35.8 Å². The molecule has 37 heteroatoms. The number of benzene rings is 6. The first-order valence-electron chi connectivity index (χ1n) is 34.0. The van der Waals surface area contributed by atoms with Crippen molar-refractivity contribution in [1.29, 1.82) is 0 Å². The van der Waals surface area contributed by atoms with Crippen molar-refractivity contribution >= 4 is 127 Å². The van der Waals surface area contributed by atoms with E-state index in [0.717, 1.165) is 71.5 Å². The van der Waals surface area contributed by atoms with Crippen LogP contribution in [0, 0.1) is 51.0 Å². The zero-order valence-corrected chi connectivity index (χ0v) is 70.5. The maximum Gasteiger partial charge on any atom is 0.303 e. The zero-order chi connectivity index (χ0) is 84.8. The van der Waals surface area contributed by atoms with Gasteiger partial charge in [0.15, 0.2) is 59.9 Å². The van der Waals surface area contributed by atoms with Crippen LogP contribution in [0.2, 0.25) is 0 Å². The van der Waals surface area contributed by atoms with Crippen molar-refractivity contribution in [2.45, 2.75) is 117 Å². The van der Waals surface area contributed by atoms with Crippen molar-refractivity contribution in [2.75, 3.05) is 26.4 Å². The predicted molar refractivity (Wildman–Crippen MR) is 419 cm³/mol. The summed E-state index contributed by atoms with van der Waals surface area (Å²) in [5.41, 5.74) is 17.6. The molecule has 610 valence electrons. The van der Waals surface area contributed by atoms with E-state index in [-0.39, 0.29) is 40.8 Å². The SMILES string of the molecule is CC(=O)OCC(Cc1nc(-c2ccc(C)cc2)c(Br)o1)OC(C)=O.CC(=O)OCC(OC(C)=O)C(Br)c1nc(-c2ccc(C)cc2)c(Br)o1.CC(=O)OCC(OC(C)=O)C(Oc1ccc(F)c(C(N)=O)c1F)c1nc(-c2ccc(C)cc2)c(Br)o1.Cc1ccc(-c2nc(C(Oc3ccc(F)c(C(N)=O)c3F)C(O)CO)oc2Br)cc1. The number of carbonyl (C=O) groups is 8. The first-order valence-corrected chi connectivity index (χ1v) is 38.1. The van der Waals surface area contributed by atoms with Gasteiger partial charge in [-0.2, -0.15) is 0 Å². The van der Waals surface area contributed by atoms with Crippen LogP contribution in [0.1, 0.15) is 125 Å². The van der Waals surface area contributed by atoms with Crippen LogP contribution in [0.25, 0.3) is 45.0 Å². The number of oxazole rings is 4. The maximum atomic E-state index is 15.0. The highest BCUT2D eigenvalue weighted by Gasteiger charge is 2.38. The van der Waals surface area contributed by atoms with E-state index in [1.807, 2.05) is 100 Å². The monoisotopic (exact) mass is 1920 g/mol. The zero-order valence-electron chi connectivity index (χ0n) is 62.5. The van der Waals surface area contributed by atoms with Gasteiger partial charge in [0.25, 0.3) is 11.8 Å². The minimum Gasteiger partial charge on any atom is -0.475 e. The topological polar surface area (TPSA) is 407 Å². The molecule has 0 radical (unpaired) electrons. The van der Waals surface area contributed by atoms with Gasteiger partial charge in [-0.15, -0.1) is 0 Å². The second kappa shape index (κ2) is 42.8. The normalized spacial score (nSPS) is 12.7. The summed E-state index contributed by atoms with van der Waals surface area (Å²) in [6.45, 7) is 13.8. The third kappa shape index (κ3) is 26.6. The number of primary amides is 2. The number of nitrogens with two attached hydrogens (primary N) is 2. The molecule has 0 saturated heterocycles. The number of aliphatic hydroxyl groups excluding tert-OH is 2. The first kappa shape index (κ1) is 91.7. The Kier molecular flexibility index (Phi) is 34.1. The lowest BCUT2D eigenvalue weighted by Crippen LogP contribution is -2.34. The minimum absolute atomic E-state index is 0.0468. The smallest absolute Gasteiger partial charge is 0.303 e. The molecule has 2 amide bonds. The fourth-order valence-electron chi connectivity index (χ4n) is 10.1. The van der Waals surface area contributed by atoms with Gasteiger partial charge in [0.1, 0.15) is 82.4 Å². The van der Waals surface area contributed by atoms with E-state index in [1.54, 1.807) is 24.3 Å². The molecule has 10 aromatic rings. The highest BCUT2D eigenvalue weighted by atomic mass is 79.9. The molecule has 0 saturated carbocycles. The Balaban J connectivity index is 0.000000215. The number of hydrogen-bond donors (Lipinski definition) is 4. The number of esters is 6. The molecule has 115 heavy (non-hydrogen) atoms. The highest BCUT2D eigenvalue weighted by Crippen LogP contribution is 2.40. The van der Waals surface area contributed by atoms with Crippen LogP contribution in [0.4, 0.5) is 17.6 Å². The summed E-state index contributed by atoms with van der Waals surface area (Å²) in [6.07, 6.45) is -7.11. The van der Waals surface area contributed by atoms with Crippen LogP contribution in [-0.2, 0) is 63.6 Å². The van der Waals surface area contributed by atoms with Gasteiger partial charge in [-0.05, 0) is 116 Å². The number of aromatic nitrogens is 4. The van der Waals surface area contributed by atoms with Crippen molar-refractivity contribution in [1.82, 2.24) is 19.9 Å². The Morgan fingerprint density at radius 2 is 0.748 bits per heavy atom. The number of alkyl halides is 1. The lowest BCUT2D eigenvalue weighted by Gasteiger charge is -2.25. The Bertz CT molecular complexity index is 5090. The number of amides is 2. The third-order valence-corrected chi connectivity index (χ3v) is 18.6. The molecule has 28 nitrogen and oxygen atoms in total. The average molecular weight is 1920 g/mol. The third-order valence-electron chi connectivity index (χ3n) is 15.5. The molecular weight excluding hydrogens is 1850 g/mol. The van der Waals surface area contributed by atoms with Gasteiger partial charge in [-0.3, -0.25) is 38.4 Å². The summed E-state index contributed by atoms with van der Waals surface area (Å²) in [7, 11) is 0. The number of hydrogen-bond acceptors (Lipinski definition) is 26. The van der Waals surface area contributed by atoms with E-state index >= 15 is 0 Å².